The van der Waals surface area contributed by atoms with Gasteiger partial charge in [0.05, 0.1) is 35.9 Å². The highest BCUT2D eigenvalue weighted by Gasteiger charge is 2.46. The largest absolute Gasteiger partial charge is 0.507 e. The number of Topliss-reactive ketones (excluding diaryl/α,β-unsaturated/α-hetero) is 1. The zero-order chi connectivity index (χ0) is 24.3. The number of ether oxygens (including phenoxy) is 2. The number of aliphatic hydroxyl groups excluding tert-OH is 1. The van der Waals surface area contributed by atoms with Gasteiger partial charge in [-0.1, -0.05) is 35.3 Å². The highest BCUT2D eigenvalue weighted by atomic mass is 35.5. The molecule has 1 N–H and O–H groups in total. The normalized spacial score (nSPS) is 17.7. The van der Waals surface area contributed by atoms with E-state index in [1.807, 2.05) is 25.9 Å². The fourth-order valence-corrected chi connectivity index (χ4v) is 4.37. The van der Waals surface area contributed by atoms with Crippen molar-refractivity contribution in [2.24, 2.45) is 0 Å². The summed E-state index contributed by atoms with van der Waals surface area (Å²) in [6, 6.07) is 9.21. The number of carbonyl (C=O) groups excluding carboxylic acids is 2. The third-order valence-electron chi connectivity index (χ3n) is 5.28. The Balaban J connectivity index is 2.24. The van der Waals surface area contributed by atoms with Gasteiger partial charge < -0.3 is 24.4 Å². The van der Waals surface area contributed by atoms with E-state index in [0.29, 0.717) is 24.5 Å². The molecule has 2 aromatic carbocycles. The summed E-state index contributed by atoms with van der Waals surface area (Å²) in [5, 5.41) is 11.7. The first kappa shape index (κ1) is 24.9. The minimum absolute atomic E-state index is 0.0657. The lowest BCUT2D eigenvalue weighted by atomic mass is 9.94. The van der Waals surface area contributed by atoms with Gasteiger partial charge >= 0.3 is 0 Å². The van der Waals surface area contributed by atoms with Crippen molar-refractivity contribution in [3.05, 3.63) is 63.1 Å². The Bertz CT molecular complexity index is 1100. The molecule has 33 heavy (non-hydrogen) atoms. The number of likely N-dealkylation sites (tertiary alicyclic amines) is 1. The first-order valence-electron chi connectivity index (χ1n) is 10.4. The van der Waals surface area contributed by atoms with Crippen LogP contribution in [0.2, 0.25) is 10.0 Å². The molecule has 1 atom stereocenters. The Kier molecular flexibility index (Phi) is 7.89. The van der Waals surface area contributed by atoms with Gasteiger partial charge in [0, 0.05) is 18.1 Å². The first-order chi connectivity index (χ1) is 15.7. The van der Waals surface area contributed by atoms with Crippen molar-refractivity contribution in [3.63, 3.8) is 0 Å². The molecule has 1 aliphatic heterocycles. The van der Waals surface area contributed by atoms with Crippen molar-refractivity contribution in [1.29, 1.82) is 0 Å². The predicted octanol–water partition coefficient (Wildman–Crippen LogP) is 4.38. The van der Waals surface area contributed by atoms with Gasteiger partial charge in [-0.3, -0.25) is 9.59 Å². The van der Waals surface area contributed by atoms with Crippen LogP contribution >= 0.6 is 23.2 Å². The molecule has 0 aromatic heterocycles. The molecule has 1 heterocycles. The summed E-state index contributed by atoms with van der Waals surface area (Å²) in [6.07, 6.45) is 0. The summed E-state index contributed by atoms with van der Waals surface area (Å²) in [5.74, 6) is -1.15. The fourth-order valence-electron chi connectivity index (χ4n) is 3.79. The Morgan fingerprint density at radius 3 is 2.55 bits per heavy atom. The van der Waals surface area contributed by atoms with Gasteiger partial charge in [0.15, 0.2) is 0 Å². The molecule has 3 rings (SSSR count). The molecule has 0 bridgehead atoms. The summed E-state index contributed by atoms with van der Waals surface area (Å²) in [6.45, 7) is 3.14. The van der Waals surface area contributed by atoms with E-state index in [2.05, 4.69) is 0 Å². The summed E-state index contributed by atoms with van der Waals surface area (Å²) in [4.78, 5) is 29.6. The lowest BCUT2D eigenvalue weighted by Gasteiger charge is -2.27. The molecule has 1 unspecified atom stereocenters. The number of likely N-dealkylation sites (N-methyl/N-ethyl adjacent to an activating group) is 1. The van der Waals surface area contributed by atoms with Crippen LogP contribution in [0.4, 0.5) is 0 Å². The van der Waals surface area contributed by atoms with Crippen molar-refractivity contribution in [1.82, 2.24) is 9.80 Å². The fraction of sp³-hybridized carbons (Fsp3) is 0.333. The number of rotatable bonds is 8. The smallest absolute Gasteiger partial charge is 0.295 e. The van der Waals surface area contributed by atoms with Crippen LogP contribution in [0.3, 0.4) is 0 Å². The van der Waals surface area contributed by atoms with Crippen molar-refractivity contribution in [2.75, 3.05) is 40.9 Å². The van der Waals surface area contributed by atoms with Crippen LogP contribution in [0, 0.1) is 0 Å². The quantitative estimate of drug-likeness (QED) is 0.334. The van der Waals surface area contributed by atoms with E-state index in [9.17, 15) is 14.7 Å². The van der Waals surface area contributed by atoms with Gasteiger partial charge in [-0.2, -0.15) is 0 Å². The molecule has 0 spiro atoms. The van der Waals surface area contributed by atoms with Crippen LogP contribution in [0.25, 0.3) is 5.76 Å². The number of ketones is 1. The number of carbonyl (C=O) groups is 2. The summed E-state index contributed by atoms with van der Waals surface area (Å²) in [5.41, 5.74) is 0.697. The lowest BCUT2D eigenvalue weighted by molar-refractivity contribution is -0.140. The topological polar surface area (TPSA) is 79.3 Å². The molecular weight excluding hydrogens is 467 g/mol. The van der Waals surface area contributed by atoms with E-state index >= 15 is 0 Å². The minimum atomic E-state index is -0.826. The van der Waals surface area contributed by atoms with Crippen LogP contribution in [0.15, 0.2) is 42.0 Å². The highest BCUT2D eigenvalue weighted by Crippen LogP contribution is 2.43. The molecule has 1 saturated heterocycles. The number of nitrogens with zero attached hydrogens (tertiary/aromatic N) is 2. The SMILES string of the molecule is CCOc1cccc(C2/C(=C(\O)c3cc(Cl)cc(Cl)c3OC)C(=O)C(=O)N2CCN(C)C)c1. The predicted molar refractivity (Wildman–Crippen MR) is 128 cm³/mol. The van der Waals surface area contributed by atoms with Gasteiger partial charge in [0.2, 0.25) is 0 Å². The van der Waals surface area contributed by atoms with E-state index in [-0.39, 0.29) is 33.5 Å². The Labute approximate surface area is 203 Å². The molecular formula is C24H26Cl2N2O5. The van der Waals surface area contributed by atoms with Crippen LogP contribution in [-0.2, 0) is 9.59 Å². The third kappa shape index (κ3) is 5.11. The molecule has 7 nitrogen and oxygen atoms in total. The van der Waals surface area contributed by atoms with Crippen molar-refractivity contribution in [3.8, 4) is 11.5 Å². The summed E-state index contributed by atoms with van der Waals surface area (Å²) < 4.78 is 11.0. The van der Waals surface area contributed by atoms with Crippen molar-refractivity contribution >= 4 is 40.7 Å². The number of methoxy groups -OCH3 is 1. The Hall–Kier alpha value is -2.74. The van der Waals surface area contributed by atoms with Gasteiger partial charge in [0.1, 0.15) is 17.3 Å². The Morgan fingerprint density at radius 1 is 1.18 bits per heavy atom. The number of hydrogen-bond acceptors (Lipinski definition) is 6. The molecule has 2 aromatic rings. The van der Waals surface area contributed by atoms with Crippen molar-refractivity contribution in [2.45, 2.75) is 13.0 Å². The summed E-state index contributed by atoms with van der Waals surface area (Å²) >= 11 is 12.4. The van der Waals surface area contributed by atoms with Crippen molar-refractivity contribution < 1.29 is 24.2 Å². The zero-order valence-electron chi connectivity index (χ0n) is 18.9. The molecule has 9 heteroatoms. The number of amides is 1. The average Bonchev–Trinajstić information content (AvgIpc) is 3.02. The molecule has 1 amide bonds. The van der Waals surface area contributed by atoms with E-state index in [1.54, 1.807) is 24.3 Å². The molecule has 176 valence electrons. The second-order valence-electron chi connectivity index (χ2n) is 7.77. The van der Waals surface area contributed by atoms with Gasteiger partial charge in [-0.05, 0) is 50.8 Å². The third-order valence-corrected chi connectivity index (χ3v) is 5.78. The van der Waals surface area contributed by atoms with Crippen LogP contribution in [0.1, 0.15) is 24.1 Å². The van der Waals surface area contributed by atoms with Crippen LogP contribution in [-0.4, -0.2) is 67.5 Å². The number of aliphatic hydroxyl groups is 1. The number of hydrogen-bond donors (Lipinski definition) is 1. The molecule has 0 saturated carbocycles. The molecule has 1 fully saturated rings. The van der Waals surface area contributed by atoms with Gasteiger partial charge in [0.25, 0.3) is 11.7 Å². The standard InChI is InChI=1S/C24H26Cl2N2O5/c1-5-33-16-8-6-7-14(11-16)20-19(22(30)24(31)28(20)10-9-27(2)3)21(29)17-12-15(25)13-18(26)23(17)32-4/h6-8,11-13,20,29H,5,9-10H2,1-4H3/b21-19+. The number of halogens is 2. The maximum atomic E-state index is 13.2. The average molecular weight is 493 g/mol. The minimum Gasteiger partial charge on any atom is -0.507 e. The van der Waals surface area contributed by atoms with Gasteiger partial charge in [-0.15, -0.1) is 0 Å². The second kappa shape index (κ2) is 10.5. The van der Waals surface area contributed by atoms with Crippen LogP contribution in [0.5, 0.6) is 11.5 Å². The van der Waals surface area contributed by atoms with E-state index in [0.717, 1.165) is 0 Å². The second-order valence-corrected chi connectivity index (χ2v) is 8.61. The first-order valence-corrected chi connectivity index (χ1v) is 11.1. The van der Waals surface area contributed by atoms with E-state index in [4.69, 9.17) is 32.7 Å². The molecule has 0 aliphatic carbocycles. The van der Waals surface area contributed by atoms with E-state index in [1.165, 1.54) is 24.1 Å². The molecule has 0 radical (unpaired) electrons. The van der Waals surface area contributed by atoms with E-state index < -0.39 is 23.5 Å². The maximum Gasteiger partial charge on any atom is 0.295 e. The molecule has 1 aliphatic rings. The number of benzene rings is 2. The lowest BCUT2D eigenvalue weighted by Crippen LogP contribution is -2.35. The van der Waals surface area contributed by atoms with Crippen LogP contribution < -0.4 is 9.47 Å². The zero-order valence-corrected chi connectivity index (χ0v) is 20.4. The maximum absolute atomic E-state index is 13.2. The summed E-state index contributed by atoms with van der Waals surface area (Å²) in [7, 11) is 5.14. The Morgan fingerprint density at radius 2 is 1.91 bits per heavy atom. The van der Waals surface area contributed by atoms with Gasteiger partial charge in [-0.25, -0.2) is 0 Å². The highest BCUT2D eigenvalue weighted by molar-refractivity contribution is 6.46. The monoisotopic (exact) mass is 492 g/mol.